The van der Waals surface area contributed by atoms with Crippen LogP contribution in [-0.2, 0) is 16.4 Å². The molecule has 0 unspecified atom stereocenters. The summed E-state index contributed by atoms with van der Waals surface area (Å²) < 4.78 is 34.0. The van der Waals surface area contributed by atoms with E-state index in [1.165, 1.54) is 7.11 Å². The highest BCUT2D eigenvalue weighted by atomic mass is 32.2. The second-order valence-electron chi connectivity index (χ2n) is 8.47. The molecular formula is C26H34N6O3S. The van der Waals surface area contributed by atoms with Gasteiger partial charge in [-0.25, -0.2) is 18.1 Å². The van der Waals surface area contributed by atoms with Crippen LogP contribution >= 0.6 is 0 Å². The molecule has 192 valence electrons. The number of hydrogen-bond donors (Lipinski definition) is 2. The summed E-state index contributed by atoms with van der Waals surface area (Å²) in [4.78, 5) is 6.80. The molecule has 10 heteroatoms. The minimum atomic E-state index is -3.54. The lowest BCUT2D eigenvalue weighted by Crippen LogP contribution is -2.33. The summed E-state index contributed by atoms with van der Waals surface area (Å²) >= 11 is 0. The fraction of sp³-hybridized carbons (Fsp3) is 0.423. The Morgan fingerprint density at radius 3 is 2.58 bits per heavy atom. The van der Waals surface area contributed by atoms with E-state index < -0.39 is 16.1 Å². The normalized spacial score (nSPS) is 12.4. The van der Waals surface area contributed by atoms with Gasteiger partial charge in [-0.1, -0.05) is 44.2 Å². The molecule has 1 heterocycles. The number of rotatable bonds is 14. The summed E-state index contributed by atoms with van der Waals surface area (Å²) in [6.45, 7) is 6.65. The number of H-pyrrole nitrogens is 1. The summed E-state index contributed by atoms with van der Waals surface area (Å²) in [6.07, 6.45) is 1.73. The highest BCUT2D eigenvalue weighted by Crippen LogP contribution is 2.26. The zero-order valence-corrected chi connectivity index (χ0v) is 21.9. The number of aromatic amines is 1. The minimum absolute atomic E-state index is 0.0380. The monoisotopic (exact) mass is 510 g/mol. The highest BCUT2D eigenvalue weighted by molar-refractivity contribution is 7.89. The van der Waals surface area contributed by atoms with E-state index in [1.807, 2.05) is 30.3 Å². The van der Waals surface area contributed by atoms with E-state index in [2.05, 4.69) is 44.7 Å². The lowest BCUT2D eigenvalue weighted by atomic mass is 10.1. The molecule has 0 fully saturated rings. The molecule has 0 radical (unpaired) electrons. The molecule has 2 aromatic carbocycles. The largest absolute Gasteiger partial charge is 0.495 e. The van der Waals surface area contributed by atoms with Crippen molar-refractivity contribution in [1.82, 2.24) is 24.8 Å². The molecule has 1 atom stereocenters. The highest BCUT2D eigenvalue weighted by Gasteiger charge is 2.23. The molecule has 2 N–H and O–H groups in total. The van der Waals surface area contributed by atoms with Gasteiger partial charge in [-0.15, -0.1) is 0 Å². The third kappa shape index (κ3) is 7.62. The van der Waals surface area contributed by atoms with Crippen LogP contribution in [0.25, 0.3) is 11.4 Å². The van der Waals surface area contributed by atoms with Crippen molar-refractivity contribution in [3.05, 3.63) is 65.5 Å². The Balaban J connectivity index is 1.80. The van der Waals surface area contributed by atoms with Gasteiger partial charge in [0, 0.05) is 5.56 Å². The minimum Gasteiger partial charge on any atom is -0.495 e. The van der Waals surface area contributed by atoms with Gasteiger partial charge in [0.1, 0.15) is 17.6 Å². The predicted octanol–water partition coefficient (Wildman–Crippen LogP) is 3.68. The lowest BCUT2D eigenvalue weighted by molar-refractivity contribution is 0.304. The molecule has 3 rings (SSSR count). The average molecular weight is 511 g/mol. The average Bonchev–Trinajstić information content (AvgIpc) is 3.39. The fourth-order valence-corrected chi connectivity index (χ4v) is 5.28. The zero-order chi connectivity index (χ0) is 26.0. The second-order valence-corrected chi connectivity index (χ2v) is 10.3. The number of nitrogens with zero attached hydrogens (tertiary/aromatic N) is 4. The van der Waals surface area contributed by atoms with Gasteiger partial charge >= 0.3 is 0 Å². The van der Waals surface area contributed by atoms with Crippen molar-refractivity contribution in [2.24, 2.45) is 0 Å². The number of hydrogen-bond acceptors (Lipinski definition) is 7. The number of ether oxygens (including phenoxy) is 1. The first kappa shape index (κ1) is 27.3. The van der Waals surface area contributed by atoms with Crippen molar-refractivity contribution >= 4 is 10.0 Å². The molecule has 0 aliphatic heterocycles. The van der Waals surface area contributed by atoms with Crippen LogP contribution in [0.1, 0.15) is 49.7 Å². The van der Waals surface area contributed by atoms with Gasteiger partial charge in [0.15, 0.2) is 5.82 Å². The van der Waals surface area contributed by atoms with Gasteiger partial charge in [0.05, 0.1) is 24.5 Å². The Morgan fingerprint density at radius 1 is 1.17 bits per heavy atom. The molecule has 0 aliphatic rings. The molecule has 36 heavy (non-hydrogen) atoms. The van der Waals surface area contributed by atoms with Crippen LogP contribution < -0.4 is 9.46 Å². The molecule has 0 saturated heterocycles. The topological polar surface area (TPSA) is 124 Å². The van der Waals surface area contributed by atoms with Gasteiger partial charge in [0.25, 0.3) is 0 Å². The molecule has 0 saturated carbocycles. The SMILES string of the molecule is CCN(CC)CCCS(=O)(=O)N[C@H](CCc1ccccc1)c1nc(-c2ccc(OC)c(C#N)c2)n[nH]1. The first-order chi connectivity index (χ1) is 17.4. The van der Waals surface area contributed by atoms with Crippen LogP contribution in [0.3, 0.4) is 0 Å². The van der Waals surface area contributed by atoms with Crippen LogP contribution in [0.2, 0.25) is 0 Å². The van der Waals surface area contributed by atoms with Gasteiger partial charge in [-0.05, 0) is 62.7 Å². The molecule has 9 nitrogen and oxygen atoms in total. The van der Waals surface area contributed by atoms with Gasteiger partial charge < -0.3 is 9.64 Å². The smallest absolute Gasteiger partial charge is 0.212 e. The van der Waals surface area contributed by atoms with Crippen LogP contribution in [0, 0.1) is 11.3 Å². The lowest BCUT2D eigenvalue weighted by Gasteiger charge is -2.19. The van der Waals surface area contributed by atoms with E-state index >= 15 is 0 Å². The molecule has 0 aliphatic carbocycles. The maximum atomic E-state index is 13.0. The van der Waals surface area contributed by atoms with Gasteiger partial charge in [-0.3, -0.25) is 5.10 Å². The second kappa shape index (κ2) is 13.2. The van der Waals surface area contributed by atoms with Crippen molar-refractivity contribution in [3.8, 4) is 23.2 Å². The molecule has 1 aromatic heterocycles. The van der Waals surface area contributed by atoms with Crippen molar-refractivity contribution in [1.29, 1.82) is 5.26 Å². The number of nitrogens with one attached hydrogen (secondary N) is 2. The number of nitriles is 1. The summed E-state index contributed by atoms with van der Waals surface area (Å²) in [6, 6.07) is 16.6. The molecule has 3 aromatic rings. The number of benzene rings is 2. The van der Waals surface area contributed by atoms with Gasteiger partial charge in [0.2, 0.25) is 10.0 Å². The van der Waals surface area contributed by atoms with E-state index in [-0.39, 0.29) is 5.75 Å². The molecule has 0 spiro atoms. The molecule has 0 amide bonds. The number of methoxy groups -OCH3 is 1. The van der Waals surface area contributed by atoms with Crippen LogP contribution in [0.15, 0.2) is 48.5 Å². The maximum absolute atomic E-state index is 13.0. The zero-order valence-electron chi connectivity index (χ0n) is 21.1. The summed E-state index contributed by atoms with van der Waals surface area (Å²) in [5, 5.41) is 16.6. The van der Waals surface area contributed by atoms with E-state index in [0.717, 1.165) is 25.2 Å². The van der Waals surface area contributed by atoms with Crippen molar-refractivity contribution in [3.63, 3.8) is 0 Å². The van der Waals surface area contributed by atoms with Crippen LogP contribution in [-0.4, -0.2) is 61.0 Å². The summed E-state index contributed by atoms with van der Waals surface area (Å²) in [7, 11) is -2.04. The van der Waals surface area contributed by atoms with E-state index in [0.29, 0.717) is 47.8 Å². The van der Waals surface area contributed by atoms with E-state index in [4.69, 9.17) is 4.74 Å². The van der Waals surface area contributed by atoms with Crippen LogP contribution in [0.4, 0.5) is 0 Å². The van der Waals surface area contributed by atoms with Crippen molar-refractivity contribution in [2.45, 2.75) is 39.2 Å². The Bertz CT molecular complexity index is 1250. The molecular weight excluding hydrogens is 476 g/mol. The van der Waals surface area contributed by atoms with E-state index in [9.17, 15) is 13.7 Å². The first-order valence-electron chi connectivity index (χ1n) is 12.2. The molecule has 0 bridgehead atoms. The quantitative estimate of drug-likeness (QED) is 0.339. The Kier molecular flexibility index (Phi) is 9.99. The first-order valence-corrected chi connectivity index (χ1v) is 13.8. The van der Waals surface area contributed by atoms with Crippen molar-refractivity contribution in [2.75, 3.05) is 32.5 Å². The van der Waals surface area contributed by atoms with E-state index in [1.54, 1.807) is 18.2 Å². The Labute approximate surface area is 213 Å². The standard InChI is InChI=1S/C26H34N6O3S/c1-4-32(5-2)16-9-17-36(33,34)31-23(14-12-20-10-7-6-8-11-20)26-28-25(29-30-26)21-13-15-24(35-3)22(18-21)19-27/h6-8,10-11,13,15,18,23,31H,4-5,9,12,14,16-17H2,1-3H3,(H,28,29,30)/t23-/m1/s1. The Hall–Kier alpha value is -3.26. The summed E-state index contributed by atoms with van der Waals surface area (Å²) in [5.74, 6) is 1.32. The predicted molar refractivity (Wildman–Crippen MR) is 140 cm³/mol. The fourth-order valence-electron chi connectivity index (χ4n) is 3.99. The number of aryl methyl sites for hydroxylation is 1. The van der Waals surface area contributed by atoms with Crippen molar-refractivity contribution < 1.29 is 13.2 Å². The number of aromatic nitrogens is 3. The Morgan fingerprint density at radius 2 is 1.92 bits per heavy atom. The third-order valence-corrected chi connectivity index (χ3v) is 7.55. The maximum Gasteiger partial charge on any atom is 0.212 e. The summed E-state index contributed by atoms with van der Waals surface area (Å²) in [5.41, 5.74) is 2.12. The van der Waals surface area contributed by atoms with Crippen LogP contribution in [0.5, 0.6) is 5.75 Å². The number of sulfonamides is 1. The third-order valence-electron chi connectivity index (χ3n) is 6.08. The van der Waals surface area contributed by atoms with Gasteiger partial charge in [-0.2, -0.15) is 10.4 Å².